The number of anilines is 1. The summed E-state index contributed by atoms with van der Waals surface area (Å²) in [6.07, 6.45) is -1.19. The Morgan fingerprint density at radius 1 is 1.09 bits per heavy atom. The lowest BCUT2D eigenvalue weighted by Crippen LogP contribution is -2.39. The summed E-state index contributed by atoms with van der Waals surface area (Å²) in [7, 11) is 0. The molecule has 11 heteroatoms. The van der Waals surface area contributed by atoms with E-state index < -0.39 is 24.1 Å². The summed E-state index contributed by atoms with van der Waals surface area (Å²) < 4.78 is 64.5. The minimum absolute atomic E-state index is 0.329. The third kappa shape index (κ3) is 7.38. The first-order valence-corrected chi connectivity index (χ1v) is 11.0. The molecule has 2 unspecified atom stereocenters. The third-order valence-corrected chi connectivity index (χ3v) is 5.95. The van der Waals surface area contributed by atoms with Crippen molar-refractivity contribution in [1.29, 1.82) is 0 Å². The zero-order chi connectivity index (χ0) is 25.8. The van der Waals surface area contributed by atoms with Crippen LogP contribution in [0, 0.1) is 24.5 Å². The summed E-state index contributed by atoms with van der Waals surface area (Å²) >= 11 is 0. The first-order valence-electron chi connectivity index (χ1n) is 11.0. The molecule has 0 aliphatic carbocycles. The average Bonchev–Trinajstić information content (AvgIpc) is 3.13. The van der Waals surface area contributed by atoms with Crippen molar-refractivity contribution in [2.45, 2.75) is 50.9 Å². The van der Waals surface area contributed by atoms with Gasteiger partial charge < -0.3 is 15.2 Å². The van der Waals surface area contributed by atoms with Crippen molar-refractivity contribution in [3.8, 4) is 11.1 Å². The summed E-state index contributed by atoms with van der Waals surface area (Å²) in [5.74, 6) is -3.14. The lowest BCUT2D eigenvalue weighted by molar-refractivity contribution is -0.192. The highest BCUT2D eigenvalue weighted by Crippen LogP contribution is 2.32. The summed E-state index contributed by atoms with van der Waals surface area (Å²) in [5, 5.41) is 13.4. The molecule has 0 saturated carbocycles. The number of aryl methyl sites for hydroxylation is 1. The molecule has 2 aromatic rings. The van der Waals surface area contributed by atoms with Gasteiger partial charge in [-0.25, -0.2) is 18.4 Å². The first-order chi connectivity index (χ1) is 16.4. The van der Waals surface area contributed by atoms with Gasteiger partial charge in [0.15, 0.2) is 0 Å². The minimum atomic E-state index is -5.08. The number of alkyl halides is 3. The van der Waals surface area contributed by atoms with E-state index in [2.05, 4.69) is 10.6 Å². The monoisotopic (exact) mass is 500 g/mol. The number of piperidine rings is 1. The molecule has 2 fully saturated rings. The number of carboxylic acid groups (broad SMARTS) is 1. The van der Waals surface area contributed by atoms with Gasteiger partial charge in [-0.05, 0) is 80.0 Å². The van der Waals surface area contributed by atoms with E-state index in [1.165, 1.54) is 37.1 Å². The number of aliphatic carboxylic acids is 1. The molecule has 35 heavy (non-hydrogen) atoms. The number of hydrogen-bond donors (Lipinski definition) is 3. The van der Waals surface area contributed by atoms with Gasteiger partial charge in [-0.3, -0.25) is 5.32 Å². The van der Waals surface area contributed by atoms with Crippen LogP contribution in [0.25, 0.3) is 11.1 Å². The van der Waals surface area contributed by atoms with Crippen LogP contribution in [0.2, 0.25) is 0 Å². The number of rotatable bonds is 4. The molecule has 3 N–H and O–H groups in total. The highest BCUT2D eigenvalue weighted by atomic mass is 19.4. The topological polar surface area (TPSA) is 87.7 Å². The maximum atomic E-state index is 13.8. The number of carbonyl (C=O) groups is 2. The number of ether oxygens (including phenoxy) is 1. The maximum absolute atomic E-state index is 13.8. The lowest BCUT2D eigenvalue weighted by Gasteiger charge is -2.28. The van der Waals surface area contributed by atoms with E-state index in [1.807, 2.05) is 0 Å². The van der Waals surface area contributed by atoms with E-state index >= 15 is 0 Å². The zero-order valence-corrected chi connectivity index (χ0v) is 18.8. The van der Waals surface area contributed by atoms with Crippen molar-refractivity contribution in [1.82, 2.24) is 5.32 Å². The molecular weight excluding hydrogens is 475 g/mol. The molecule has 0 aromatic heterocycles. The van der Waals surface area contributed by atoms with Gasteiger partial charge in [-0.15, -0.1) is 0 Å². The van der Waals surface area contributed by atoms with E-state index in [1.54, 1.807) is 19.1 Å². The Kier molecular flexibility index (Phi) is 8.31. The summed E-state index contributed by atoms with van der Waals surface area (Å²) in [6, 6.07) is 9.72. The van der Waals surface area contributed by atoms with Crippen molar-refractivity contribution in [2.75, 3.05) is 11.9 Å². The maximum Gasteiger partial charge on any atom is 0.490 e. The van der Waals surface area contributed by atoms with Crippen LogP contribution in [0.1, 0.15) is 31.2 Å². The number of nitrogens with one attached hydrogen (secondary N) is 2. The fourth-order valence-corrected chi connectivity index (χ4v) is 4.33. The second-order valence-corrected chi connectivity index (χ2v) is 8.66. The van der Waals surface area contributed by atoms with Crippen molar-refractivity contribution < 1.29 is 41.4 Å². The normalized spacial score (nSPS) is 21.0. The van der Waals surface area contributed by atoms with Crippen molar-refractivity contribution in [3.63, 3.8) is 0 Å². The average molecular weight is 500 g/mol. The van der Waals surface area contributed by atoms with Crippen LogP contribution in [-0.4, -0.2) is 42.0 Å². The Morgan fingerprint density at radius 2 is 1.71 bits per heavy atom. The molecule has 2 heterocycles. The second kappa shape index (κ2) is 11.0. The first kappa shape index (κ1) is 26.4. The van der Waals surface area contributed by atoms with Crippen molar-refractivity contribution in [3.05, 3.63) is 53.6 Å². The smallest absolute Gasteiger partial charge is 0.475 e. The van der Waals surface area contributed by atoms with E-state index in [4.69, 9.17) is 14.6 Å². The Bertz CT molecular complexity index is 1060. The zero-order valence-electron chi connectivity index (χ0n) is 18.8. The van der Waals surface area contributed by atoms with E-state index in [-0.39, 0.29) is 5.82 Å². The third-order valence-electron chi connectivity index (χ3n) is 5.95. The van der Waals surface area contributed by atoms with Gasteiger partial charge in [0.05, 0.1) is 12.3 Å². The highest BCUT2D eigenvalue weighted by molar-refractivity contribution is 5.91. The highest BCUT2D eigenvalue weighted by Gasteiger charge is 2.38. The van der Waals surface area contributed by atoms with Crippen LogP contribution in [0.4, 0.5) is 32.4 Å². The number of halogens is 5. The van der Waals surface area contributed by atoms with Crippen molar-refractivity contribution >= 4 is 17.7 Å². The molecule has 2 bridgehead atoms. The number of fused-ring (bicyclic) bond motifs is 2. The fourth-order valence-electron chi connectivity index (χ4n) is 4.33. The Hall–Kier alpha value is -3.21. The summed E-state index contributed by atoms with van der Waals surface area (Å²) in [6.45, 7) is 2.03. The summed E-state index contributed by atoms with van der Waals surface area (Å²) in [4.78, 5) is 21.2. The van der Waals surface area contributed by atoms with E-state index in [9.17, 15) is 26.7 Å². The second-order valence-electron chi connectivity index (χ2n) is 8.66. The molecular formula is C24H25F5N2O4. The Balaban J connectivity index is 0.000000429. The molecule has 0 radical (unpaired) electrons. The molecule has 2 saturated heterocycles. The fraction of sp³-hybridized carbons (Fsp3) is 0.417. The van der Waals surface area contributed by atoms with Gasteiger partial charge in [-0.2, -0.15) is 13.2 Å². The molecule has 2 aliphatic rings. The molecule has 2 aliphatic heterocycles. The molecule has 190 valence electrons. The van der Waals surface area contributed by atoms with Crippen LogP contribution in [-0.2, 0) is 9.53 Å². The van der Waals surface area contributed by atoms with Crippen LogP contribution < -0.4 is 10.6 Å². The molecule has 0 spiro atoms. The molecule has 1 amide bonds. The van der Waals surface area contributed by atoms with Gasteiger partial charge in [0.1, 0.15) is 11.6 Å². The molecule has 6 nitrogen and oxygen atoms in total. The number of benzene rings is 2. The van der Waals surface area contributed by atoms with Gasteiger partial charge in [0.25, 0.3) is 0 Å². The predicted octanol–water partition coefficient (Wildman–Crippen LogP) is 5.65. The molecule has 4 rings (SSSR count). The van der Waals surface area contributed by atoms with E-state index in [0.29, 0.717) is 47.0 Å². The van der Waals surface area contributed by atoms with Crippen LogP contribution in [0.3, 0.4) is 0 Å². The number of carboxylic acids is 1. The number of carbonyl (C=O) groups excluding carboxylic acids is 1. The Labute approximate surface area is 198 Å². The standard InChI is InChI=1S/C22H24F2N2O2.C2HF3O2/c1-13-8-15(2-6-20(13)24)19-11-16(23)3-7-21(19)26-22(27)28-12-14-9-17-4-5-18(10-14)25-17;3-2(4,5)1(6)7/h2-3,6-8,11,14,17-18,25H,4-5,9-10,12H2,1H3,(H,26,27);(H,6,7). The number of amides is 1. The Morgan fingerprint density at radius 3 is 2.29 bits per heavy atom. The van der Waals surface area contributed by atoms with Gasteiger partial charge >= 0.3 is 18.2 Å². The SMILES string of the molecule is Cc1cc(-c2cc(F)ccc2NC(=O)OCC2CC3CCC(C2)N3)ccc1F.O=C(O)C(F)(F)F. The van der Waals surface area contributed by atoms with Crippen LogP contribution >= 0.6 is 0 Å². The minimum Gasteiger partial charge on any atom is -0.475 e. The van der Waals surface area contributed by atoms with Crippen molar-refractivity contribution in [2.24, 2.45) is 5.92 Å². The molecule has 2 atom stereocenters. The van der Waals surface area contributed by atoms with Crippen LogP contribution in [0.15, 0.2) is 36.4 Å². The van der Waals surface area contributed by atoms with Crippen LogP contribution in [0.5, 0.6) is 0 Å². The quantitative estimate of drug-likeness (QED) is 0.472. The largest absolute Gasteiger partial charge is 0.490 e. The van der Waals surface area contributed by atoms with Gasteiger partial charge in [0.2, 0.25) is 0 Å². The molecule has 2 aromatic carbocycles. The van der Waals surface area contributed by atoms with Gasteiger partial charge in [0, 0.05) is 17.6 Å². The lowest BCUT2D eigenvalue weighted by atomic mass is 9.93. The van der Waals surface area contributed by atoms with E-state index in [0.717, 1.165) is 12.8 Å². The number of hydrogen-bond acceptors (Lipinski definition) is 4. The van der Waals surface area contributed by atoms with Gasteiger partial charge in [-0.1, -0.05) is 6.07 Å². The summed E-state index contributed by atoms with van der Waals surface area (Å²) in [5.41, 5.74) is 2.00. The predicted molar refractivity (Wildman–Crippen MR) is 118 cm³/mol.